The molecule has 2 heterocycles. The summed E-state index contributed by atoms with van der Waals surface area (Å²) < 4.78 is 49.1. The monoisotopic (exact) mass is 503 g/mol. The second kappa shape index (κ2) is 10.4. The van der Waals surface area contributed by atoms with Crippen LogP contribution in [0.2, 0.25) is 0 Å². The van der Waals surface area contributed by atoms with Crippen molar-refractivity contribution in [2.24, 2.45) is 7.05 Å². The average Bonchev–Trinajstić information content (AvgIpc) is 3.13. The molecule has 0 radical (unpaired) electrons. The van der Waals surface area contributed by atoms with E-state index in [9.17, 15) is 18.0 Å². The lowest BCUT2D eigenvalue weighted by molar-refractivity contribution is -0.274. The van der Waals surface area contributed by atoms with Crippen LogP contribution in [-0.2, 0) is 11.9 Å². The molecule has 9 nitrogen and oxygen atoms in total. The molecule has 0 bridgehead atoms. The molecule has 1 amide bonds. The Morgan fingerprint density at radius 2 is 1.94 bits per heavy atom. The van der Waals surface area contributed by atoms with Gasteiger partial charge in [-0.1, -0.05) is 12.1 Å². The van der Waals surface area contributed by atoms with Crippen LogP contribution in [0.1, 0.15) is 13.3 Å². The second-order valence-corrected chi connectivity index (χ2v) is 7.36. The summed E-state index contributed by atoms with van der Waals surface area (Å²) in [5, 5.41) is 2.99. The number of ether oxygens (including phenoxy) is 2. The summed E-state index contributed by atoms with van der Waals surface area (Å²) in [5.41, 5.74) is 4.04. The van der Waals surface area contributed by atoms with Crippen LogP contribution in [0, 0.1) is 0 Å². The third-order valence-electron chi connectivity index (χ3n) is 4.74. The second-order valence-electron chi connectivity index (χ2n) is 7.36. The highest BCUT2D eigenvalue weighted by Crippen LogP contribution is 2.30. The predicted octanol–water partition coefficient (Wildman–Crippen LogP) is 5.74. The molecule has 4 rings (SSSR count). The molecular formula is C24H24F3N5O4. The van der Waals surface area contributed by atoms with Crippen molar-refractivity contribution in [3.8, 4) is 17.2 Å². The van der Waals surface area contributed by atoms with Gasteiger partial charge in [0.1, 0.15) is 22.9 Å². The van der Waals surface area contributed by atoms with Gasteiger partial charge in [0.2, 0.25) is 5.95 Å². The van der Waals surface area contributed by atoms with Crippen molar-refractivity contribution in [1.29, 1.82) is 0 Å². The van der Waals surface area contributed by atoms with Gasteiger partial charge in [0.25, 0.3) is 5.91 Å². The van der Waals surface area contributed by atoms with E-state index >= 15 is 0 Å². The summed E-state index contributed by atoms with van der Waals surface area (Å²) in [5.74, 6) is 0.332. The number of benzene rings is 2. The molecule has 2 N–H and O–H groups in total. The minimum Gasteiger partial charge on any atom is -0.457 e. The number of imidazole rings is 1. The number of nitrogens with one attached hydrogen (secondary N) is 2. The topological polar surface area (TPSA) is 99.5 Å². The lowest BCUT2D eigenvalue weighted by Gasteiger charge is -2.11. The number of aromatic nitrogens is 3. The van der Waals surface area contributed by atoms with Crippen LogP contribution in [0.5, 0.6) is 17.2 Å². The van der Waals surface area contributed by atoms with E-state index in [2.05, 4.69) is 32.1 Å². The average molecular weight is 503 g/mol. The fourth-order valence-electron chi connectivity index (χ4n) is 3.21. The third-order valence-corrected chi connectivity index (χ3v) is 4.74. The number of anilines is 2. The molecule has 2 aromatic heterocycles. The van der Waals surface area contributed by atoms with Gasteiger partial charge < -0.3 is 19.4 Å². The first-order valence-corrected chi connectivity index (χ1v) is 10.5. The van der Waals surface area contributed by atoms with Crippen LogP contribution < -0.4 is 20.3 Å². The van der Waals surface area contributed by atoms with Gasteiger partial charge in [-0.3, -0.25) is 14.6 Å². The molecule has 36 heavy (non-hydrogen) atoms. The maximum absolute atomic E-state index is 12.5. The van der Waals surface area contributed by atoms with Crippen LogP contribution in [0.15, 0.2) is 73.4 Å². The Morgan fingerprint density at radius 1 is 1.14 bits per heavy atom. The number of nitrogens with zero attached hydrogens (tertiary/aromatic N) is 3. The zero-order valence-electron chi connectivity index (χ0n) is 18.9. The SMILES string of the molecule is C=CCONC(=O)c1cc(Oc2ccc3c(c2)nc(Nc2cccc(OC(F)(F)F)c2)n3C)ccn1.[HH].[HH]. The van der Waals surface area contributed by atoms with Gasteiger partial charge in [-0.05, 0) is 30.3 Å². The summed E-state index contributed by atoms with van der Waals surface area (Å²) in [6.07, 6.45) is -1.87. The molecule has 2 aromatic carbocycles. The zero-order chi connectivity index (χ0) is 25.7. The van der Waals surface area contributed by atoms with Gasteiger partial charge in [-0.25, -0.2) is 10.5 Å². The fourth-order valence-corrected chi connectivity index (χ4v) is 3.21. The van der Waals surface area contributed by atoms with E-state index in [-0.39, 0.29) is 20.9 Å². The van der Waals surface area contributed by atoms with Crippen molar-refractivity contribution in [3.63, 3.8) is 0 Å². The lowest BCUT2D eigenvalue weighted by atomic mass is 10.3. The number of hydrogen-bond donors (Lipinski definition) is 2. The molecular weight excluding hydrogens is 479 g/mol. The Bertz CT molecular complexity index is 1420. The molecule has 0 unspecified atom stereocenters. The Kier molecular flexibility index (Phi) is 7.06. The number of carbonyl (C=O) groups excluding carboxylic acids is 1. The molecule has 0 aliphatic carbocycles. The van der Waals surface area contributed by atoms with Gasteiger partial charge >= 0.3 is 6.36 Å². The Balaban J connectivity index is 0.00000253. The Morgan fingerprint density at radius 3 is 2.72 bits per heavy atom. The first-order chi connectivity index (χ1) is 17.2. The highest BCUT2D eigenvalue weighted by molar-refractivity contribution is 5.91. The normalized spacial score (nSPS) is 11.2. The van der Waals surface area contributed by atoms with Crippen molar-refractivity contribution < 1.29 is 35.1 Å². The number of hydroxylamine groups is 1. The van der Waals surface area contributed by atoms with Gasteiger partial charge in [-0.15, -0.1) is 19.8 Å². The summed E-state index contributed by atoms with van der Waals surface area (Å²) in [6, 6.07) is 13.7. The number of fused-ring (bicyclic) bond motifs is 1. The molecule has 0 atom stereocenters. The number of halogens is 3. The number of pyridine rings is 1. The maximum Gasteiger partial charge on any atom is 0.573 e. The van der Waals surface area contributed by atoms with Crippen molar-refractivity contribution in [2.45, 2.75) is 6.36 Å². The smallest absolute Gasteiger partial charge is 0.457 e. The van der Waals surface area contributed by atoms with Crippen LogP contribution in [-0.4, -0.2) is 33.4 Å². The lowest BCUT2D eigenvalue weighted by Crippen LogP contribution is -2.24. The van der Waals surface area contributed by atoms with E-state index in [1.165, 1.54) is 36.5 Å². The van der Waals surface area contributed by atoms with Gasteiger partial charge in [0.05, 0.1) is 17.6 Å². The van der Waals surface area contributed by atoms with Crippen molar-refractivity contribution in [1.82, 2.24) is 20.0 Å². The summed E-state index contributed by atoms with van der Waals surface area (Å²) >= 11 is 0. The summed E-state index contributed by atoms with van der Waals surface area (Å²) in [4.78, 5) is 25.5. The molecule has 0 saturated carbocycles. The van der Waals surface area contributed by atoms with Gasteiger partial charge in [0.15, 0.2) is 0 Å². The fraction of sp³-hybridized carbons (Fsp3) is 0.125. The van der Waals surface area contributed by atoms with E-state index in [1.54, 1.807) is 41.9 Å². The number of carbonyl (C=O) groups is 1. The predicted molar refractivity (Wildman–Crippen MR) is 129 cm³/mol. The zero-order valence-corrected chi connectivity index (χ0v) is 18.9. The highest BCUT2D eigenvalue weighted by Gasteiger charge is 2.31. The quantitative estimate of drug-likeness (QED) is 0.171. The van der Waals surface area contributed by atoms with E-state index in [0.29, 0.717) is 28.7 Å². The first-order valence-electron chi connectivity index (χ1n) is 10.5. The van der Waals surface area contributed by atoms with E-state index in [0.717, 1.165) is 5.52 Å². The number of rotatable bonds is 9. The molecule has 0 fully saturated rings. The first kappa shape index (κ1) is 24.5. The van der Waals surface area contributed by atoms with Gasteiger partial charge in [-0.2, -0.15) is 0 Å². The van der Waals surface area contributed by atoms with Gasteiger partial charge in [0, 0.05) is 40.0 Å². The molecule has 0 aliphatic rings. The standard InChI is InChI=1S/C24H20F3N5O4.2H2/c1-3-11-34-31-22(33)20-14-17(9-10-28-20)35-16-7-8-21-19(13-16)30-23(32(21)2)29-15-5-4-6-18(12-15)36-24(25,26)27;;/h3-10,12-14H,1,11H2,2H3,(H,29,30)(H,31,33);2*1H. The van der Waals surface area contributed by atoms with Crippen LogP contribution in [0.25, 0.3) is 11.0 Å². The molecule has 12 heteroatoms. The van der Waals surface area contributed by atoms with Crippen molar-refractivity contribution in [2.75, 3.05) is 11.9 Å². The summed E-state index contributed by atoms with van der Waals surface area (Å²) in [7, 11) is 1.76. The molecule has 0 saturated heterocycles. The largest absolute Gasteiger partial charge is 0.573 e. The summed E-state index contributed by atoms with van der Waals surface area (Å²) in [6.45, 7) is 3.64. The number of amides is 1. The van der Waals surface area contributed by atoms with Crippen LogP contribution in [0.4, 0.5) is 24.8 Å². The molecule has 4 aromatic rings. The molecule has 0 aliphatic heterocycles. The van der Waals surface area contributed by atoms with Crippen molar-refractivity contribution >= 4 is 28.6 Å². The number of aryl methyl sites for hydroxylation is 1. The van der Waals surface area contributed by atoms with Crippen LogP contribution >= 0.6 is 0 Å². The number of alkyl halides is 3. The maximum atomic E-state index is 12.5. The Labute approximate surface area is 206 Å². The highest BCUT2D eigenvalue weighted by atomic mass is 19.4. The molecule has 190 valence electrons. The van der Waals surface area contributed by atoms with E-state index < -0.39 is 12.3 Å². The van der Waals surface area contributed by atoms with Crippen molar-refractivity contribution in [3.05, 3.63) is 79.1 Å². The van der Waals surface area contributed by atoms with E-state index in [4.69, 9.17) is 9.57 Å². The third kappa shape index (κ3) is 6.10. The number of hydrogen-bond acceptors (Lipinski definition) is 7. The minimum absolute atomic E-state index is 0. The van der Waals surface area contributed by atoms with E-state index in [1.807, 2.05) is 0 Å². The minimum atomic E-state index is -4.79. The Hall–Kier alpha value is -4.58. The molecule has 0 spiro atoms. The van der Waals surface area contributed by atoms with Crippen LogP contribution in [0.3, 0.4) is 0 Å².